The number of para-hydroxylation sites is 1. The molecule has 4 heteroatoms. The molecule has 1 fully saturated rings. The molecule has 0 bridgehead atoms. The topological polar surface area (TPSA) is 36.4 Å². The lowest BCUT2D eigenvalue weighted by Crippen LogP contribution is -2.26. The first kappa shape index (κ1) is 11.9. The highest BCUT2D eigenvalue weighted by Gasteiger charge is 2.30. The second-order valence-electron chi connectivity index (χ2n) is 4.82. The van der Waals surface area contributed by atoms with Crippen LogP contribution in [0.25, 0.3) is 10.2 Å². The molecule has 0 saturated heterocycles. The number of thiazole rings is 1. The van der Waals surface area contributed by atoms with Gasteiger partial charge in [0.1, 0.15) is 0 Å². The molecule has 1 aliphatic rings. The summed E-state index contributed by atoms with van der Waals surface area (Å²) >= 11 is 1.78. The van der Waals surface area contributed by atoms with Crippen LogP contribution in [-0.4, -0.2) is 29.3 Å². The van der Waals surface area contributed by atoms with E-state index in [1.54, 1.807) is 11.3 Å². The number of fused-ring (bicyclic) bond motifs is 1. The maximum atomic E-state index is 8.89. The van der Waals surface area contributed by atoms with Crippen molar-refractivity contribution in [3.05, 3.63) is 24.3 Å². The normalized spacial score (nSPS) is 15.2. The molecule has 0 radical (unpaired) electrons. The van der Waals surface area contributed by atoms with E-state index in [2.05, 4.69) is 23.1 Å². The van der Waals surface area contributed by atoms with Crippen molar-refractivity contribution in [3.63, 3.8) is 0 Å². The number of hydrogen-bond donors (Lipinski definition) is 1. The van der Waals surface area contributed by atoms with E-state index in [0.29, 0.717) is 12.6 Å². The molecule has 96 valence electrons. The zero-order chi connectivity index (χ0) is 12.4. The third-order valence-electron chi connectivity index (χ3n) is 3.32. The highest BCUT2D eigenvalue weighted by atomic mass is 32.1. The molecule has 18 heavy (non-hydrogen) atoms. The molecule has 0 unspecified atom stereocenters. The number of benzene rings is 1. The Morgan fingerprint density at radius 1 is 1.28 bits per heavy atom. The smallest absolute Gasteiger partial charge is 0.186 e. The van der Waals surface area contributed by atoms with Gasteiger partial charge in [0.2, 0.25) is 0 Å². The third kappa shape index (κ3) is 2.49. The number of nitrogens with zero attached hydrogens (tertiary/aromatic N) is 2. The minimum Gasteiger partial charge on any atom is -0.396 e. The first-order valence-corrected chi connectivity index (χ1v) is 7.43. The van der Waals surface area contributed by atoms with Crippen molar-refractivity contribution in [3.8, 4) is 0 Å². The van der Waals surface area contributed by atoms with Crippen molar-refractivity contribution in [1.29, 1.82) is 0 Å². The monoisotopic (exact) mass is 262 g/mol. The molecule has 1 aromatic carbocycles. The largest absolute Gasteiger partial charge is 0.396 e. The lowest BCUT2D eigenvalue weighted by Gasteiger charge is -2.20. The van der Waals surface area contributed by atoms with Gasteiger partial charge in [-0.05, 0) is 37.8 Å². The second kappa shape index (κ2) is 5.24. The minimum absolute atomic E-state index is 0.290. The standard InChI is InChI=1S/C14H18N2OS/c17-10-4-3-9-16(11-7-8-11)14-15-12-5-1-2-6-13(12)18-14/h1-2,5-6,11,17H,3-4,7-10H2. The SMILES string of the molecule is OCCCCN(c1nc2ccccc2s1)C1CC1. The van der Waals surface area contributed by atoms with Gasteiger partial charge < -0.3 is 10.0 Å². The number of rotatable bonds is 6. The Hall–Kier alpha value is -1.13. The Bertz CT molecular complexity index is 488. The van der Waals surface area contributed by atoms with E-state index in [1.807, 2.05) is 6.07 Å². The summed E-state index contributed by atoms with van der Waals surface area (Å²) < 4.78 is 1.26. The van der Waals surface area contributed by atoms with Crippen molar-refractivity contribution >= 4 is 26.7 Å². The highest BCUT2D eigenvalue weighted by Crippen LogP contribution is 2.36. The van der Waals surface area contributed by atoms with Gasteiger partial charge in [0.25, 0.3) is 0 Å². The number of aromatic nitrogens is 1. The fourth-order valence-corrected chi connectivity index (χ4v) is 3.26. The zero-order valence-electron chi connectivity index (χ0n) is 10.4. The van der Waals surface area contributed by atoms with Crippen molar-refractivity contribution in [2.24, 2.45) is 0 Å². The Morgan fingerprint density at radius 3 is 2.83 bits per heavy atom. The van der Waals surface area contributed by atoms with Crippen molar-refractivity contribution < 1.29 is 5.11 Å². The van der Waals surface area contributed by atoms with Crippen molar-refractivity contribution in [1.82, 2.24) is 4.98 Å². The first-order valence-electron chi connectivity index (χ1n) is 6.61. The minimum atomic E-state index is 0.290. The molecule has 1 aromatic heterocycles. The van der Waals surface area contributed by atoms with Gasteiger partial charge in [0, 0.05) is 19.2 Å². The van der Waals surface area contributed by atoms with Crippen LogP contribution in [0.15, 0.2) is 24.3 Å². The first-order chi connectivity index (χ1) is 8.88. The quantitative estimate of drug-likeness (QED) is 0.813. The molecule has 1 N–H and O–H groups in total. The molecule has 0 spiro atoms. The van der Waals surface area contributed by atoms with E-state index in [0.717, 1.165) is 30.0 Å². The summed E-state index contributed by atoms with van der Waals surface area (Å²) in [6.07, 6.45) is 4.50. The molecule has 0 aliphatic heterocycles. The number of aliphatic hydroxyl groups excluding tert-OH is 1. The van der Waals surface area contributed by atoms with Crippen LogP contribution in [0.4, 0.5) is 5.13 Å². The number of anilines is 1. The van der Waals surface area contributed by atoms with Crippen LogP contribution in [0, 0.1) is 0 Å². The maximum absolute atomic E-state index is 8.89. The fraction of sp³-hybridized carbons (Fsp3) is 0.500. The van der Waals surface area contributed by atoms with Gasteiger partial charge in [-0.15, -0.1) is 0 Å². The molecule has 3 nitrogen and oxygen atoms in total. The van der Waals surface area contributed by atoms with Crippen LogP contribution in [0.5, 0.6) is 0 Å². The molecule has 1 heterocycles. The summed E-state index contributed by atoms with van der Waals surface area (Å²) in [7, 11) is 0. The van der Waals surface area contributed by atoms with Gasteiger partial charge in [0.05, 0.1) is 10.2 Å². The molecule has 0 atom stereocenters. The van der Waals surface area contributed by atoms with Gasteiger partial charge in [-0.3, -0.25) is 0 Å². The molecule has 1 saturated carbocycles. The molecule has 3 rings (SSSR count). The molecular formula is C14H18N2OS. The summed E-state index contributed by atoms with van der Waals surface area (Å²) in [5.41, 5.74) is 1.10. The molecule has 1 aliphatic carbocycles. The lowest BCUT2D eigenvalue weighted by atomic mass is 10.3. The predicted octanol–water partition coefficient (Wildman–Crippen LogP) is 3.04. The number of unbranched alkanes of at least 4 members (excludes halogenated alkanes) is 1. The van der Waals surface area contributed by atoms with E-state index in [1.165, 1.54) is 17.5 Å². The molecular weight excluding hydrogens is 244 g/mol. The van der Waals surface area contributed by atoms with Gasteiger partial charge in [-0.2, -0.15) is 0 Å². The Kier molecular flexibility index (Phi) is 3.48. The van der Waals surface area contributed by atoms with Crippen LogP contribution in [-0.2, 0) is 0 Å². The Morgan fingerprint density at radius 2 is 2.11 bits per heavy atom. The molecule has 0 amide bonds. The predicted molar refractivity (Wildman–Crippen MR) is 76.3 cm³/mol. The highest BCUT2D eigenvalue weighted by molar-refractivity contribution is 7.22. The average Bonchev–Trinajstić information content (AvgIpc) is 3.13. The van der Waals surface area contributed by atoms with Gasteiger partial charge in [-0.25, -0.2) is 4.98 Å². The zero-order valence-corrected chi connectivity index (χ0v) is 11.2. The van der Waals surface area contributed by atoms with Gasteiger partial charge in [0.15, 0.2) is 5.13 Å². The fourth-order valence-electron chi connectivity index (χ4n) is 2.20. The number of hydrogen-bond acceptors (Lipinski definition) is 4. The number of aliphatic hydroxyl groups is 1. The summed E-state index contributed by atoms with van der Waals surface area (Å²) in [4.78, 5) is 7.17. The summed E-state index contributed by atoms with van der Waals surface area (Å²) in [5.74, 6) is 0. The van der Waals surface area contributed by atoms with Crippen LogP contribution >= 0.6 is 11.3 Å². The average molecular weight is 262 g/mol. The second-order valence-corrected chi connectivity index (χ2v) is 5.83. The van der Waals surface area contributed by atoms with Crippen LogP contribution in [0.3, 0.4) is 0 Å². The van der Waals surface area contributed by atoms with Crippen LogP contribution in [0.2, 0.25) is 0 Å². The molecule has 2 aromatic rings. The Balaban J connectivity index is 1.80. The van der Waals surface area contributed by atoms with Gasteiger partial charge in [-0.1, -0.05) is 23.5 Å². The van der Waals surface area contributed by atoms with E-state index in [4.69, 9.17) is 10.1 Å². The Labute approximate surface area is 111 Å². The lowest BCUT2D eigenvalue weighted by molar-refractivity contribution is 0.285. The third-order valence-corrected chi connectivity index (χ3v) is 4.40. The summed E-state index contributed by atoms with van der Waals surface area (Å²) in [6, 6.07) is 9.00. The van der Waals surface area contributed by atoms with E-state index in [-0.39, 0.29) is 0 Å². The summed E-state index contributed by atoms with van der Waals surface area (Å²) in [6.45, 7) is 1.31. The van der Waals surface area contributed by atoms with Crippen LogP contribution < -0.4 is 4.90 Å². The van der Waals surface area contributed by atoms with Crippen LogP contribution in [0.1, 0.15) is 25.7 Å². The van der Waals surface area contributed by atoms with E-state index < -0.39 is 0 Å². The van der Waals surface area contributed by atoms with E-state index >= 15 is 0 Å². The van der Waals surface area contributed by atoms with Crippen molar-refractivity contribution in [2.45, 2.75) is 31.7 Å². The van der Waals surface area contributed by atoms with Gasteiger partial charge >= 0.3 is 0 Å². The summed E-state index contributed by atoms with van der Waals surface area (Å²) in [5, 5.41) is 10.0. The maximum Gasteiger partial charge on any atom is 0.186 e. The van der Waals surface area contributed by atoms with Crippen molar-refractivity contribution in [2.75, 3.05) is 18.1 Å². The van der Waals surface area contributed by atoms with E-state index in [9.17, 15) is 0 Å².